The van der Waals surface area contributed by atoms with Gasteiger partial charge in [-0.2, -0.15) is 0 Å². The number of nitrogens with one attached hydrogen (secondary N) is 1. The zero-order valence-corrected chi connectivity index (χ0v) is 13.3. The Morgan fingerprint density at radius 3 is 2.52 bits per heavy atom. The molecule has 5 nitrogen and oxygen atoms in total. The number of hydrogen-bond acceptors (Lipinski definition) is 4. The molecule has 0 spiro atoms. The van der Waals surface area contributed by atoms with Gasteiger partial charge in [-0.25, -0.2) is 9.59 Å². The van der Waals surface area contributed by atoms with Gasteiger partial charge in [0.1, 0.15) is 5.70 Å². The van der Waals surface area contributed by atoms with Gasteiger partial charge in [0.05, 0.1) is 24.2 Å². The Morgan fingerprint density at radius 2 is 2.00 bits per heavy atom. The summed E-state index contributed by atoms with van der Waals surface area (Å²) in [5.41, 5.74) is 1.04. The number of hydrogen-bond donors (Lipinski definition) is 2. The van der Waals surface area contributed by atoms with Crippen molar-refractivity contribution in [1.29, 1.82) is 0 Å². The lowest BCUT2D eigenvalue weighted by Gasteiger charge is -2.29. The van der Waals surface area contributed by atoms with Crippen molar-refractivity contribution in [2.45, 2.75) is 12.8 Å². The number of carboxylic acid groups (broad SMARTS) is 1. The van der Waals surface area contributed by atoms with Crippen LogP contribution in [0.1, 0.15) is 18.4 Å². The van der Waals surface area contributed by atoms with E-state index < -0.39 is 17.9 Å². The third-order valence-electron chi connectivity index (χ3n) is 3.56. The second-order valence-corrected chi connectivity index (χ2v) is 5.26. The van der Waals surface area contributed by atoms with Gasteiger partial charge in [0.2, 0.25) is 0 Å². The summed E-state index contributed by atoms with van der Waals surface area (Å²) in [4.78, 5) is 24.0. The number of allylic oxidation sites excluding steroid dienone is 2. The average Bonchev–Trinajstić information content (AvgIpc) is 2.53. The van der Waals surface area contributed by atoms with Crippen LogP contribution in [0.3, 0.4) is 0 Å². The third kappa shape index (κ3) is 2.94. The molecule has 0 bridgehead atoms. The molecule has 1 unspecified atom stereocenters. The molecule has 0 radical (unpaired) electrons. The molecular weight excluding hydrogens is 318 g/mol. The smallest absolute Gasteiger partial charge is 0.337 e. The van der Waals surface area contributed by atoms with E-state index in [1.54, 1.807) is 31.2 Å². The van der Waals surface area contributed by atoms with Crippen LogP contribution in [0.2, 0.25) is 5.02 Å². The number of halogens is 1. The van der Waals surface area contributed by atoms with Crippen molar-refractivity contribution >= 4 is 23.5 Å². The van der Waals surface area contributed by atoms with Gasteiger partial charge in [0.15, 0.2) is 0 Å². The SMILES string of the molecule is C#CC1=C(C(=O)OC)C(c2ccccc2Cl)C(C(=O)O)=C(C)N1. The number of aliphatic carboxylic acids is 1. The third-order valence-corrected chi connectivity index (χ3v) is 3.90. The summed E-state index contributed by atoms with van der Waals surface area (Å²) in [7, 11) is 1.21. The van der Waals surface area contributed by atoms with Crippen molar-refractivity contribution in [3.63, 3.8) is 0 Å². The van der Waals surface area contributed by atoms with Crippen LogP contribution in [-0.4, -0.2) is 24.2 Å². The summed E-state index contributed by atoms with van der Waals surface area (Å²) in [6.07, 6.45) is 5.47. The predicted octanol–water partition coefficient (Wildman–Crippen LogP) is 2.45. The summed E-state index contributed by atoms with van der Waals surface area (Å²) < 4.78 is 4.79. The van der Waals surface area contributed by atoms with Crippen molar-refractivity contribution in [2.75, 3.05) is 7.11 Å². The molecule has 118 valence electrons. The van der Waals surface area contributed by atoms with E-state index in [9.17, 15) is 14.7 Å². The number of esters is 1. The Morgan fingerprint density at radius 1 is 1.35 bits per heavy atom. The molecule has 0 aromatic heterocycles. The lowest BCUT2D eigenvalue weighted by Crippen LogP contribution is -2.32. The minimum Gasteiger partial charge on any atom is -0.478 e. The van der Waals surface area contributed by atoms with E-state index >= 15 is 0 Å². The normalized spacial score (nSPS) is 17.4. The lowest BCUT2D eigenvalue weighted by atomic mass is 9.80. The molecule has 1 atom stereocenters. The molecule has 1 aromatic carbocycles. The van der Waals surface area contributed by atoms with Crippen molar-refractivity contribution < 1.29 is 19.4 Å². The van der Waals surface area contributed by atoms with E-state index in [4.69, 9.17) is 22.8 Å². The number of carbonyl (C=O) groups is 2. The summed E-state index contributed by atoms with van der Waals surface area (Å²) in [6.45, 7) is 1.58. The number of methoxy groups -OCH3 is 1. The molecule has 0 saturated carbocycles. The van der Waals surface area contributed by atoms with Crippen LogP contribution >= 0.6 is 11.6 Å². The van der Waals surface area contributed by atoms with E-state index in [1.165, 1.54) is 7.11 Å². The topological polar surface area (TPSA) is 75.6 Å². The molecule has 0 aliphatic carbocycles. The summed E-state index contributed by atoms with van der Waals surface area (Å²) in [5.74, 6) is -0.416. The zero-order valence-electron chi connectivity index (χ0n) is 12.5. The molecular formula is C17H14ClNO4. The number of carboxylic acids is 1. The number of ether oxygens (including phenoxy) is 1. The van der Waals surface area contributed by atoms with Crippen LogP contribution < -0.4 is 5.32 Å². The molecule has 6 heteroatoms. The number of terminal acetylenes is 1. The van der Waals surface area contributed by atoms with Gasteiger partial charge in [-0.15, -0.1) is 6.42 Å². The zero-order chi connectivity index (χ0) is 17.1. The summed E-state index contributed by atoms with van der Waals surface area (Å²) in [5, 5.41) is 12.7. The first-order valence-electron chi connectivity index (χ1n) is 6.67. The minimum atomic E-state index is -1.17. The van der Waals surface area contributed by atoms with Crippen LogP contribution in [0.4, 0.5) is 0 Å². The van der Waals surface area contributed by atoms with E-state index in [0.29, 0.717) is 16.3 Å². The highest BCUT2D eigenvalue weighted by molar-refractivity contribution is 6.31. The second-order valence-electron chi connectivity index (χ2n) is 4.85. The number of rotatable bonds is 3. The fourth-order valence-corrected chi connectivity index (χ4v) is 2.82. The lowest BCUT2D eigenvalue weighted by molar-refractivity contribution is -0.136. The van der Waals surface area contributed by atoms with Crippen molar-refractivity contribution in [1.82, 2.24) is 5.32 Å². The van der Waals surface area contributed by atoms with Crippen LogP contribution in [0.15, 0.2) is 46.8 Å². The Kier molecular flexibility index (Phi) is 4.77. The Balaban J connectivity index is 2.80. The highest BCUT2D eigenvalue weighted by Crippen LogP contribution is 2.41. The van der Waals surface area contributed by atoms with Crippen LogP contribution in [0, 0.1) is 12.3 Å². The highest BCUT2D eigenvalue weighted by atomic mass is 35.5. The average molecular weight is 332 g/mol. The molecule has 1 aliphatic rings. The van der Waals surface area contributed by atoms with Crippen molar-refractivity contribution in [2.24, 2.45) is 0 Å². The second kappa shape index (κ2) is 6.59. The number of dihydropyridines is 1. The molecule has 23 heavy (non-hydrogen) atoms. The fourth-order valence-electron chi connectivity index (χ4n) is 2.58. The van der Waals surface area contributed by atoms with Gasteiger partial charge < -0.3 is 15.2 Å². The highest BCUT2D eigenvalue weighted by Gasteiger charge is 2.38. The Hall–Kier alpha value is -2.71. The standard InChI is InChI=1S/C17H14ClNO4/c1-4-12-15(17(22)23-3)14(10-7-5-6-8-11(10)18)13(16(20)21)9(2)19-12/h1,5-8,14,19H,2-3H3,(H,20,21). The molecule has 0 fully saturated rings. The van der Waals surface area contributed by atoms with E-state index in [2.05, 4.69) is 11.2 Å². The van der Waals surface area contributed by atoms with E-state index in [-0.39, 0.29) is 16.8 Å². The van der Waals surface area contributed by atoms with Gasteiger partial charge >= 0.3 is 11.9 Å². The first-order valence-corrected chi connectivity index (χ1v) is 7.04. The summed E-state index contributed by atoms with van der Waals surface area (Å²) in [6, 6.07) is 6.71. The Bertz CT molecular complexity index is 786. The van der Waals surface area contributed by atoms with Crippen LogP contribution in [-0.2, 0) is 14.3 Å². The maximum Gasteiger partial charge on any atom is 0.337 e. The minimum absolute atomic E-state index is 0.00231. The maximum absolute atomic E-state index is 12.2. The molecule has 0 saturated heterocycles. The van der Waals surface area contributed by atoms with Gasteiger partial charge in [-0.05, 0) is 18.6 Å². The Labute approximate surface area is 138 Å². The molecule has 1 aromatic rings. The van der Waals surface area contributed by atoms with E-state index in [0.717, 1.165) is 0 Å². The monoisotopic (exact) mass is 331 g/mol. The van der Waals surface area contributed by atoms with Gasteiger partial charge in [-0.3, -0.25) is 0 Å². The van der Waals surface area contributed by atoms with Gasteiger partial charge in [0, 0.05) is 10.7 Å². The van der Waals surface area contributed by atoms with Crippen molar-refractivity contribution in [3.8, 4) is 12.3 Å². The first-order chi connectivity index (χ1) is 10.9. The van der Waals surface area contributed by atoms with E-state index in [1.807, 2.05) is 0 Å². The fraction of sp³-hybridized carbons (Fsp3) is 0.176. The number of benzene rings is 1. The number of carbonyl (C=O) groups excluding carboxylic acids is 1. The predicted molar refractivity (Wildman–Crippen MR) is 85.5 cm³/mol. The first kappa shape index (κ1) is 16.7. The van der Waals surface area contributed by atoms with Crippen LogP contribution in [0.25, 0.3) is 0 Å². The largest absolute Gasteiger partial charge is 0.478 e. The quantitative estimate of drug-likeness (QED) is 0.657. The molecule has 1 heterocycles. The maximum atomic E-state index is 12.2. The molecule has 2 rings (SSSR count). The molecule has 2 N–H and O–H groups in total. The van der Waals surface area contributed by atoms with Gasteiger partial charge in [-0.1, -0.05) is 35.7 Å². The summed E-state index contributed by atoms with van der Waals surface area (Å²) >= 11 is 6.22. The molecule has 1 aliphatic heterocycles. The van der Waals surface area contributed by atoms with Crippen molar-refractivity contribution in [3.05, 3.63) is 57.4 Å². The molecule has 0 amide bonds. The van der Waals surface area contributed by atoms with Gasteiger partial charge in [0.25, 0.3) is 0 Å². The van der Waals surface area contributed by atoms with Crippen LogP contribution in [0.5, 0.6) is 0 Å².